The first-order chi connectivity index (χ1) is 8.61. The number of nitrogens with zero attached hydrogens (tertiary/aromatic N) is 1. The summed E-state index contributed by atoms with van der Waals surface area (Å²) < 4.78 is 4.64. The second kappa shape index (κ2) is 5.27. The summed E-state index contributed by atoms with van der Waals surface area (Å²) in [5.41, 5.74) is 2.06. The highest BCUT2D eigenvalue weighted by Gasteiger charge is 2.28. The topological polar surface area (TPSA) is 58.9 Å². The summed E-state index contributed by atoms with van der Waals surface area (Å²) >= 11 is 1.33. The number of rotatable bonds is 2. The maximum Gasteiger partial charge on any atom is 0.344 e. The summed E-state index contributed by atoms with van der Waals surface area (Å²) in [6.07, 6.45) is 0. The number of carbonyl (C=O) groups is 1. The zero-order chi connectivity index (χ0) is 13.1. The van der Waals surface area contributed by atoms with Crippen LogP contribution in [0, 0.1) is 6.92 Å². The highest BCUT2D eigenvalue weighted by Crippen LogP contribution is 2.29. The van der Waals surface area contributed by atoms with Crippen LogP contribution in [0.25, 0.3) is 0 Å². The number of carbonyl (C=O) groups excluding carboxylic acids is 1. The molecule has 0 fully saturated rings. The molecule has 0 aromatic heterocycles. The molecule has 0 spiro atoms. The number of hydrogen-bond acceptors (Lipinski definition) is 5. The van der Waals surface area contributed by atoms with Gasteiger partial charge in [-0.05, 0) is 19.1 Å². The Balaban J connectivity index is 2.33. The van der Waals surface area contributed by atoms with Crippen molar-refractivity contribution in [2.45, 2.75) is 6.92 Å². The molecule has 18 heavy (non-hydrogen) atoms. The van der Waals surface area contributed by atoms with Gasteiger partial charge >= 0.3 is 5.97 Å². The average Bonchev–Trinajstić information content (AvgIpc) is 2.72. The van der Waals surface area contributed by atoms with Gasteiger partial charge in [0.05, 0.1) is 18.6 Å². The van der Waals surface area contributed by atoms with Gasteiger partial charge in [0.2, 0.25) is 0 Å². The van der Waals surface area contributed by atoms with Gasteiger partial charge in [-0.3, -0.25) is 0 Å². The largest absolute Gasteiger partial charge is 0.510 e. The molecule has 0 unspecified atom stereocenters. The van der Waals surface area contributed by atoms with Gasteiger partial charge in [0, 0.05) is 0 Å². The molecule has 4 nitrogen and oxygen atoms in total. The van der Waals surface area contributed by atoms with Crippen molar-refractivity contribution in [1.29, 1.82) is 0 Å². The van der Waals surface area contributed by atoms with E-state index in [1.807, 2.05) is 31.2 Å². The zero-order valence-electron chi connectivity index (χ0n) is 10.1. The van der Waals surface area contributed by atoms with E-state index in [2.05, 4.69) is 9.73 Å². The summed E-state index contributed by atoms with van der Waals surface area (Å²) in [5, 5.41) is 10.2. The number of thioether (sulfide) groups is 1. The van der Waals surface area contributed by atoms with Crippen molar-refractivity contribution >= 4 is 28.5 Å². The predicted molar refractivity (Wildman–Crippen MR) is 72.4 cm³/mol. The molecule has 0 atom stereocenters. The maximum atomic E-state index is 11.5. The quantitative estimate of drug-likeness (QED) is 0.833. The van der Waals surface area contributed by atoms with E-state index in [-0.39, 0.29) is 11.3 Å². The SMILES string of the molecule is COC(=O)C1=C(O)CSC1=Nc1ccc(C)cc1. The molecule has 1 aromatic rings. The minimum Gasteiger partial charge on any atom is -0.510 e. The van der Waals surface area contributed by atoms with Crippen molar-refractivity contribution in [3.05, 3.63) is 41.2 Å². The zero-order valence-corrected chi connectivity index (χ0v) is 11.0. The van der Waals surface area contributed by atoms with Crippen molar-refractivity contribution in [3.8, 4) is 0 Å². The lowest BCUT2D eigenvalue weighted by molar-refractivity contribution is -0.135. The van der Waals surface area contributed by atoms with Crippen LogP contribution in [0.2, 0.25) is 0 Å². The van der Waals surface area contributed by atoms with Crippen molar-refractivity contribution < 1.29 is 14.6 Å². The Morgan fingerprint density at radius 3 is 2.67 bits per heavy atom. The Kier molecular flexibility index (Phi) is 3.72. The van der Waals surface area contributed by atoms with Gasteiger partial charge in [-0.1, -0.05) is 29.5 Å². The van der Waals surface area contributed by atoms with Gasteiger partial charge in [-0.25, -0.2) is 9.79 Å². The molecule has 0 bridgehead atoms. The molecule has 0 saturated carbocycles. The summed E-state index contributed by atoms with van der Waals surface area (Å²) in [5.74, 6) is -0.171. The first-order valence-corrected chi connectivity index (χ1v) is 6.39. The first-order valence-electron chi connectivity index (χ1n) is 5.41. The Morgan fingerprint density at radius 2 is 2.06 bits per heavy atom. The highest BCUT2D eigenvalue weighted by atomic mass is 32.2. The maximum absolute atomic E-state index is 11.5. The fourth-order valence-corrected chi connectivity index (χ4v) is 2.47. The van der Waals surface area contributed by atoms with Gasteiger partial charge in [0.1, 0.15) is 16.4 Å². The Hall–Kier alpha value is -1.75. The van der Waals surface area contributed by atoms with Crippen molar-refractivity contribution in [2.75, 3.05) is 12.9 Å². The van der Waals surface area contributed by atoms with E-state index < -0.39 is 5.97 Å². The highest BCUT2D eigenvalue weighted by molar-refractivity contribution is 8.15. The lowest BCUT2D eigenvalue weighted by Crippen LogP contribution is -2.10. The smallest absolute Gasteiger partial charge is 0.344 e. The average molecular weight is 263 g/mol. The van der Waals surface area contributed by atoms with Crippen LogP contribution in [0.3, 0.4) is 0 Å². The van der Waals surface area contributed by atoms with Crippen molar-refractivity contribution in [2.24, 2.45) is 4.99 Å². The molecule has 1 N–H and O–H groups in total. The molecule has 0 aliphatic carbocycles. The minimum absolute atomic E-state index is 0.0257. The van der Waals surface area contributed by atoms with Crippen LogP contribution in [-0.2, 0) is 9.53 Å². The van der Waals surface area contributed by atoms with Gasteiger partial charge in [0.25, 0.3) is 0 Å². The number of aliphatic imine (C=N–C) groups is 1. The van der Waals surface area contributed by atoms with Gasteiger partial charge in [-0.15, -0.1) is 0 Å². The van der Waals surface area contributed by atoms with Gasteiger partial charge in [-0.2, -0.15) is 0 Å². The molecule has 2 rings (SSSR count). The van der Waals surface area contributed by atoms with E-state index in [9.17, 15) is 9.90 Å². The standard InChI is InChI=1S/C13H13NO3S/c1-8-3-5-9(6-4-8)14-12-11(13(16)17-2)10(15)7-18-12/h3-6,15H,7H2,1-2H3. The molecule has 5 heteroatoms. The predicted octanol–water partition coefficient (Wildman–Crippen LogP) is 2.76. The molecular weight excluding hydrogens is 250 g/mol. The van der Waals surface area contributed by atoms with E-state index in [1.165, 1.54) is 18.9 Å². The molecule has 0 saturated heterocycles. The molecule has 1 heterocycles. The number of esters is 1. The second-order valence-electron chi connectivity index (χ2n) is 3.85. The summed E-state index contributed by atoms with van der Waals surface area (Å²) in [6, 6.07) is 7.63. The number of aryl methyl sites for hydroxylation is 1. The summed E-state index contributed by atoms with van der Waals surface area (Å²) in [7, 11) is 1.29. The van der Waals surface area contributed by atoms with Crippen molar-refractivity contribution in [1.82, 2.24) is 0 Å². The summed E-state index contributed by atoms with van der Waals surface area (Å²) in [6.45, 7) is 1.99. The third kappa shape index (κ3) is 2.56. The lowest BCUT2D eigenvalue weighted by atomic mass is 10.2. The molecule has 0 radical (unpaired) electrons. The third-order valence-electron chi connectivity index (χ3n) is 2.50. The normalized spacial score (nSPS) is 17.3. The molecule has 0 amide bonds. The number of aliphatic hydroxyl groups excluding tert-OH is 1. The van der Waals surface area contributed by atoms with Crippen LogP contribution in [0.15, 0.2) is 40.6 Å². The van der Waals surface area contributed by atoms with E-state index in [4.69, 9.17) is 0 Å². The number of aliphatic hydroxyl groups is 1. The monoisotopic (exact) mass is 263 g/mol. The third-order valence-corrected chi connectivity index (χ3v) is 3.49. The fraction of sp³-hybridized carbons (Fsp3) is 0.231. The van der Waals surface area contributed by atoms with E-state index in [0.717, 1.165) is 11.3 Å². The van der Waals surface area contributed by atoms with Crippen LogP contribution in [0.1, 0.15) is 5.56 Å². The number of ether oxygens (including phenoxy) is 1. The lowest BCUT2D eigenvalue weighted by Gasteiger charge is -2.02. The molecule has 1 aliphatic heterocycles. The van der Waals surface area contributed by atoms with E-state index >= 15 is 0 Å². The van der Waals surface area contributed by atoms with Crippen LogP contribution in [0.4, 0.5) is 5.69 Å². The number of hydrogen-bond donors (Lipinski definition) is 1. The summed E-state index contributed by atoms with van der Waals surface area (Å²) in [4.78, 5) is 15.9. The Morgan fingerprint density at radius 1 is 1.39 bits per heavy atom. The Bertz CT molecular complexity index is 532. The van der Waals surface area contributed by atoms with Crippen LogP contribution in [0.5, 0.6) is 0 Å². The molecule has 1 aromatic carbocycles. The van der Waals surface area contributed by atoms with E-state index in [0.29, 0.717) is 10.8 Å². The minimum atomic E-state index is -0.552. The van der Waals surface area contributed by atoms with Gasteiger partial charge < -0.3 is 9.84 Å². The first kappa shape index (κ1) is 12.7. The fourth-order valence-electron chi connectivity index (χ4n) is 1.54. The number of methoxy groups -OCH3 is 1. The number of benzene rings is 1. The van der Waals surface area contributed by atoms with Crippen LogP contribution in [-0.4, -0.2) is 29.0 Å². The molecular formula is C13H13NO3S. The van der Waals surface area contributed by atoms with Gasteiger partial charge in [0.15, 0.2) is 0 Å². The molecule has 1 aliphatic rings. The van der Waals surface area contributed by atoms with Crippen LogP contribution >= 0.6 is 11.8 Å². The second-order valence-corrected chi connectivity index (χ2v) is 4.82. The molecule has 94 valence electrons. The van der Waals surface area contributed by atoms with Crippen molar-refractivity contribution in [3.63, 3.8) is 0 Å². The Labute approximate surface area is 109 Å². The van der Waals surface area contributed by atoms with E-state index in [1.54, 1.807) is 0 Å². The van der Waals surface area contributed by atoms with Crippen LogP contribution < -0.4 is 0 Å².